The van der Waals surface area contributed by atoms with Crippen LogP contribution in [0.1, 0.15) is 48.9 Å². The van der Waals surface area contributed by atoms with Crippen molar-refractivity contribution < 1.29 is 42.2 Å². The second kappa shape index (κ2) is 12.1. The van der Waals surface area contributed by atoms with Crippen LogP contribution >= 0.6 is 0 Å². The van der Waals surface area contributed by atoms with Crippen molar-refractivity contribution in [1.29, 1.82) is 5.26 Å². The maximum Gasteiger partial charge on any atom is 0.263 e. The van der Waals surface area contributed by atoms with Crippen molar-refractivity contribution in [3.63, 3.8) is 0 Å². The third-order valence-electron chi connectivity index (χ3n) is 5.48. The van der Waals surface area contributed by atoms with Gasteiger partial charge in [-0.25, -0.2) is 12.1 Å². The number of carbonyl (C=O) groups excluding carboxylic acids is 1. The first kappa shape index (κ1) is 26.7. The molecule has 0 aliphatic carbocycles. The summed E-state index contributed by atoms with van der Waals surface area (Å²) in [6, 6.07) is 24.2. The molecule has 0 bridgehead atoms. The average molecular weight is 515 g/mol. The minimum absolute atomic E-state index is 0. The van der Waals surface area contributed by atoms with Crippen molar-refractivity contribution in [1.82, 2.24) is 10.3 Å². The molecule has 1 N–H and O–H groups in total. The number of benzene rings is 2. The van der Waals surface area contributed by atoms with Gasteiger partial charge in [-0.05, 0) is 57.4 Å². The smallest absolute Gasteiger partial charge is 0.263 e. The molecule has 0 aliphatic heterocycles. The number of carbonyl (C=O) groups is 1. The molecular formula is C27H28N3O2Y-. The van der Waals surface area contributed by atoms with Crippen LogP contribution in [0.15, 0.2) is 66.9 Å². The molecular weight excluding hydrogens is 487 g/mol. The molecule has 1 amide bonds. The predicted octanol–water partition coefficient (Wildman–Crippen LogP) is 4.75. The van der Waals surface area contributed by atoms with E-state index in [9.17, 15) is 10.1 Å². The molecule has 5 nitrogen and oxygen atoms in total. The van der Waals surface area contributed by atoms with E-state index in [1.165, 1.54) is 17.3 Å². The number of nitrogens with zero attached hydrogens (tertiary/aromatic N) is 2. The third kappa shape index (κ3) is 7.49. The Bertz CT molecular complexity index is 1090. The van der Waals surface area contributed by atoms with Gasteiger partial charge in [0.1, 0.15) is 5.88 Å². The Balaban J connectivity index is 0.00000385. The summed E-state index contributed by atoms with van der Waals surface area (Å²) in [4.78, 5) is 17.2. The predicted molar refractivity (Wildman–Crippen MR) is 124 cm³/mol. The molecule has 1 heterocycles. The zero-order valence-electron chi connectivity index (χ0n) is 19.5. The number of amides is 1. The maximum absolute atomic E-state index is 13.1. The summed E-state index contributed by atoms with van der Waals surface area (Å²) >= 11 is 0. The van der Waals surface area contributed by atoms with E-state index in [4.69, 9.17) is 4.74 Å². The number of nitriles is 1. The van der Waals surface area contributed by atoms with E-state index in [-0.39, 0.29) is 50.6 Å². The van der Waals surface area contributed by atoms with Crippen molar-refractivity contribution in [2.24, 2.45) is 0 Å². The van der Waals surface area contributed by atoms with Gasteiger partial charge >= 0.3 is 0 Å². The molecule has 33 heavy (non-hydrogen) atoms. The first-order chi connectivity index (χ1) is 15.3. The number of hydrogen-bond donors (Lipinski definition) is 1. The summed E-state index contributed by atoms with van der Waals surface area (Å²) in [5.74, 6) is 0.120. The fraction of sp³-hybridized carbons (Fsp3) is 0.296. The largest absolute Gasteiger partial charge is 0.478 e. The van der Waals surface area contributed by atoms with Crippen molar-refractivity contribution in [2.45, 2.75) is 51.7 Å². The van der Waals surface area contributed by atoms with E-state index in [1.807, 2.05) is 25.1 Å². The Morgan fingerprint density at radius 3 is 2.58 bits per heavy atom. The standard InChI is InChI=1S/C27H28N3O2.Y/c1-19-11-13-21(14-12-19)17-24(23-9-7-8-22(16-23)18-28)20(2)30-26(31)27(3,4)32-25-10-5-6-15-29-25;/h5,7-16,20,24H,17H2,1-4H3,(H,30,31);/q-1;. The Morgan fingerprint density at radius 2 is 1.94 bits per heavy atom. The normalized spacial score (nSPS) is 12.6. The quantitative estimate of drug-likeness (QED) is 0.440. The Hall–Kier alpha value is -2.55. The molecule has 6 heteroatoms. The molecule has 3 rings (SSSR count). The van der Waals surface area contributed by atoms with Crippen molar-refractivity contribution in [3.8, 4) is 11.9 Å². The first-order valence-corrected chi connectivity index (χ1v) is 10.7. The number of rotatable bonds is 8. The molecule has 1 radical (unpaired) electrons. The van der Waals surface area contributed by atoms with Gasteiger partial charge in [0.2, 0.25) is 0 Å². The SMILES string of the molecule is Cc1ccc(CC(c2cccc(C#N)c2)C(C)NC(=O)C(C)(C)Oc2cc[c-]cn2)cc1.[Y]. The Morgan fingerprint density at radius 1 is 1.21 bits per heavy atom. The molecule has 2 unspecified atom stereocenters. The van der Waals surface area contributed by atoms with Crippen LogP contribution in [-0.4, -0.2) is 22.5 Å². The van der Waals surface area contributed by atoms with Crippen molar-refractivity contribution in [3.05, 3.63) is 95.2 Å². The van der Waals surface area contributed by atoms with Gasteiger partial charge in [0.15, 0.2) is 5.60 Å². The number of aryl methyl sites for hydroxylation is 1. The molecule has 0 spiro atoms. The molecule has 2 aromatic carbocycles. The molecule has 0 saturated carbocycles. The van der Waals surface area contributed by atoms with Crippen LogP contribution in [0.5, 0.6) is 5.88 Å². The van der Waals surface area contributed by atoms with E-state index in [0.717, 1.165) is 12.0 Å². The molecule has 167 valence electrons. The second-order valence-corrected chi connectivity index (χ2v) is 8.50. The van der Waals surface area contributed by atoms with Gasteiger partial charge in [0.25, 0.3) is 5.91 Å². The number of pyridine rings is 1. The number of nitrogens with one attached hydrogen (secondary N) is 1. The summed E-state index contributed by atoms with van der Waals surface area (Å²) in [6.45, 7) is 7.49. The summed E-state index contributed by atoms with van der Waals surface area (Å²) < 4.78 is 5.83. The monoisotopic (exact) mass is 515 g/mol. The molecule has 2 atom stereocenters. The van der Waals surface area contributed by atoms with Crippen LogP contribution in [0.3, 0.4) is 0 Å². The van der Waals surface area contributed by atoms with Gasteiger partial charge in [0, 0.05) is 44.7 Å². The summed E-state index contributed by atoms with van der Waals surface area (Å²) in [5, 5.41) is 12.5. The van der Waals surface area contributed by atoms with Gasteiger partial charge in [-0.3, -0.25) is 9.78 Å². The van der Waals surface area contributed by atoms with E-state index < -0.39 is 5.60 Å². The molecule has 0 fully saturated rings. The fourth-order valence-electron chi connectivity index (χ4n) is 3.56. The fourth-order valence-corrected chi connectivity index (χ4v) is 3.56. The summed E-state index contributed by atoms with van der Waals surface area (Å²) in [7, 11) is 0. The number of ether oxygens (including phenoxy) is 1. The van der Waals surface area contributed by atoms with Crippen LogP contribution in [0.4, 0.5) is 0 Å². The van der Waals surface area contributed by atoms with Crippen LogP contribution in [0.2, 0.25) is 0 Å². The molecule has 1 aromatic heterocycles. The van der Waals surface area contributed by atoms with E-state index in [1.54, 1.807) is 32.0 Å². The average Bonchev–Trinajstić information content (AvgIpc) is 2.79. The van der Waals surface area contributed by atoms with E-state index in [0.29, 0.717) is 11.4 Å². The molecule has 0 saturated heterocycles. The Kier molecular flexibility index (Phi) is 9.76. The van der Waals surface area contributed by atoms with Gasteiger partial charge < -0.3 is 10.1 Å². The number of hydrogen-bond acceptors (Lipinski definition) is 4. The van der Waals surface area contributed by atoms with E-state index >= 15 is 0 Å². The maximum atomic E-state index is 13.1. The van der Waals surface area contributed by atoms with Crippen molar-refractivity contribution >= 4 is 5.91 Å². The zero-order chi connectivity index (χ0) is 23.1. The molecule has 3 aromatic rings. The van der Waals surface area contributed by atoms with Crippen LogP contribution in [-0.2, 0) is 43.9 Å². The van der Waals surface area contributed by atoms with Gasteiger partial charge in [-0.1, -0.05) is 48.2 Å². The summed E-state index contributed by atoms with van der Waals surface area (Å²) in [5.41, 5.74) is 2.88. The van der Waals surface area contributed by atoms with Crippen LogP contribution < -0.4 is 10.1 Å². The minimum atomic E-state index is -1.11. The minimum Gasteiger partial charge on any atom is -0.478 e. The Labute approximate surface area is 221 Å². The third-order valence-corrected chi connectivity index (χ3v) is 5.48. The summed E-state index contributed by atoms with van der Waals surface area (Å²) in [6.07, 6.45) is 2.24. The second-order valence-electron chi connectivity index (χ2n) is 8.50. The van der Waals surface area contributed by atoms with Gasteiger partial charge in [-0.15, -0.1) is 6.07 Å². The van der Waals surface area contributed by atoms with Gasteiger partial charge in [0.05, 0.1) is 11.6 Å². The first-order valence-electron chi connectivity index (χ1n) is 10.7. The van der Waals surface area contributed by atoms with Gasteiger partial charge in [-0.2, -0.15) is 5.26 Å². The van der Waals surface area contributed by atoms with Crippen LogP contribution in [0.25, 0.3) is 0 Å². The number of aromatic nitrogens is 1. The van der Waals surface area contributed by atoms with E-state index in [2.05, 4.69) is 53.6 Å². The van der Waals surface area contributed by atoms with Crippen molar-refractivity contribution in [2.75, 3.05) is 0 Å². The zero-order valence-corrected chi connectivity index (χ0v) is 22.3. The molecule has 0 aliphatic rings. The topological polar surface area (TPSA) is 75.0 Å². The van der Waals surface area contributed by atoms with Crippen LogP contribution in [0, 0.1) is 24.3 Å².